The summed E-state index contributed by atoms with van der Waals surface area (Å²) in [5.41, 5.74) is -0.00978. The molecule has 1 aromatic rings. The lowest BCUT2D eigenvalue weighted by atomic mass is 10.2. The van der Waals surface area contributed by atoms with Crippen LogP contribution in [0.1, 0.15) is 5.56 Å². The maximum atomic E-state index is 12.6. The monoisotopic (exact) mass is 311 g/mol. The van der Waals surface area contributed by atoms with Crippen LogP contribution in [-0.2, 0) is 0 Å². The first-order valence-electron chi connectivity index (χ1n) is 4.36. The minimum Gasteiger partial charge on any atom is -0.484 e. The number of para-hydroxylation sites is 1. The second kappa shape index (κ2) is 5.36. The molecule has 0 amide bonds. The highest BCUT2D eigenvalue weighted by Gasteiger charge is 2.42. The topological polar surface area (TPSA) is 33.0 Å². The van der Waals surface area contributed by atoms with Crippen molar-refractivity contribution in [2.45, 2.75) is 12.3 Å². The Morgan fingerprint density at radius 1 is 1.41 bits per heavy atom. The summed E-state index contributed by atoms with van der Waals surface area (Å²) in [6.45, 7) is -1.48. The normalized spacial score (nSPS) is 11.4. The average Bonchev–Trinajstić information content (AvgIpc) is 2.26. The highest BCUT2D eigenvalue weighted by atomic mass is 79.9. The van der Waals surface area contributed by atoms with Gasteiger partial charge in [-0.05, 0) is 28.1 Å². The molecular formula is C10H6BrF4NO. The average molecular weight is 312 g/mol. The Balaban J connectivity index is 2.87. The van der Waals surface area contributed by atoms with E-state index in [2.05, 4.69) is 20.7 Å². The number of ether oxygens (including phenoxy) is 1. The highest BCUT2D eigenvalue weighted by molar-refractivity contribution is 9.10. The number of hydrogen-bond acceptors (Lipinski definition) is 2. The van der Waals surface area contributed by atoms with Gasteiger partial charge in [0.1, 0.15) is 6.07 Å². The van der Waals surface area contributed by atoms with Crippen LogP contribution in [0.25, 0.3) is 0 Å². The van der Waals surface area contributed by atoms with Gasteiger partial charge in [-0.2, -0.15) is 14.0 Å². The van der Waals surface area contributed by atoms with E-state index in [1.807, 2.05) is 0 Å². The molecule has 0 atom stereocenters. The van der Waals surface area contributed by atoms with Crippen molar-refractivity contribution in [3.05, 3.63) is 28.2 Å². The van der Waals surface area contributed by atoms with E-state index in [4.69, 9.17) is 5.26 Å². The van der Waals surface area contributed by atoms with Gasteiger partial charge in [-0.3, -0.25) is 0 Å². The van der Waals surface area contributed by atoms with Crippen LogP contribution >= 0.6 is 15.9 Å². The number of nitriles is 1. The lowest BCUT2D eigenvalue weighted by molar-refractivity contribution is -0.148. The summed E-state index contributed by atoms with van der Waals surface area (Å²) in [5.74, 6) is -4.42. The molecule has 0 aliphatic rings. The first-order valence-corrected chi connectivity index (χ1v) is 5.15. The van der Waals surface area contributed by atoms with Crippen LogP contribution in [-0.4, -0.2) is 19.0 Å². The molecule has 7 heteroatoms. The van der Waals surface area contributed by atoms with Gasteiger partial charge in [0, 0.05) is 0 Å². The van der Waals surface area contributed by atoms with Crippen LogP contribution in [0.5, 0.6) is 5.75 Å². The van der Waals surface area contributed by atoms with E-state index in [0.29, 0.717) is 0 Å². The van der Waals surface area contributed by atoms with Gasteiger partial charge in [-0.25, -0.2) is 8.78 Å². The summed E-state index contributed by atoms with van der Waals surface area (Å²) in [6.07, 6.45) is -3.81. The maximum absolute atomic E-state index is 12.6. The molecule has 0 saturated carbocycles. The summed E-state index contributed by atoms with van der Waals surface area (Å²) in [5, 5.41) is 8.70. The molecule has 0 aliphatic heterocycles. The molecule has 0 aromatic heterocycles. The molecule has 0 unspecified atom stereocenters. The van der Waals surface area contributed by atoms with E-state index >= 15 is 0 Å². The summed E-state index contributed by atoms with van der Waals surface area (Å²) in [7, 11) is 0. The molecule has 0 N–H and O–H groups in total. The van der Waals surface area contributed by atoms with E-state index in [0.717, 1.165) is 0 Å². The van der Waals surface area contributed by atoms with Crippen molar-refractivity contribution in [2.24, 2.45) is 0 Å². The number of nitrogens with zero attached hydrogens (tertiary/aromatic N) is 1. The maximum Gasteiger partial charge on any atom is 0.340 e. The van der Waals surface area contributed by atoms with Crippen molar-refractivity contribution >= 4 is 15.9 Å². The van der Waals surface area contributed by atoms with E-state index in [-0.39, 0.29) is 15.8 Å². The smallest absolute Gasteiger partial charge is 0.340 e. The molecule has 17 heavy (non-hydrogen) atoms. The SMILES string of the molecule is N#Cc1cccc(Br)c1OCC(F)(F)C(F)F. The minimum atomic E-state index is -4.25. The van der Waals surface area contributed by atoms with Gasteiger partial charge in [-0.15, -0.1) is 0 Å². The largest absolute Gasteiger partial charge is 0.484 e. The van der Waals surface area contributed by atoms with Gasteiger partial charge in [0.25, 0.3) is 0 Å². The number of benzene rings is 1. The Morgan fingerprint density at radius 2 is 2.06 bits per heavy atom. The van der Waals surface area contributed by atoms with Crippen LogP contribution < -0.4 is 4.74 Å². The fourth-order valence-electron chi connectivity index (χ4n) is 0.975. The Kier molecular flexibility index (Phi) is 4.34. The Hall–Kier alpha value is -1.29. The lowest BCUT2D eigenvalue weighted by Crippen LogP contribution is -2.33. The number of hydrogen-bond donors (Lipinski definition) is 0. The number of halogens is 5. The summed E-state index contributed by atoms with van der Waals surface area (Å²) in [6, 6.07) is 6.00. The molecule has 0 fully saturated rings. The van der Waals surface area contributed by atoms with Crippen molar-refractivity contribution in [3.8, 4) is 11.8 Å². The van der Waals surface area contributed by atoms with E-state index in [9.17, 15) is 17.6 Å². The number of rotatable bonds is 4. The fraction of sp³-hybridized carbons (Fsp3) is 0.300. The van der Waals surface area contributed by atoms with Gasteiger partial charge in [0.2, 0.25) is 0 Å². The van der Waals surface area contributed by atoms with Crippen molar-refractivity contribution in [2.75, 3.05) is 6.61 Å². The second-order valence-corrected chi connectivity index (χ2v) is 3.93. The van der Waals surface area contributed by atoms with E-state index in [1.54, 1.807) is 6.07 Å². The lowest BCUT2D eigenvalue weighted by Gasteiger charge is -2.17. The van der Waals surface area contributed by atoms with Gasteiger partial charge >= 0.3 is 12.3 Å². The zero-order valence-electron chi connectivity index (χ0n) is 8.26. The highest BCUT2D eigenvalue weighted by Crippen LogP contribution is 2.31. The molecule has 1 aromatic carbocycles. The summed E-state index contributed by atoms with van der Waals surface area (Å²) >= 11 is 2.98. The molecule has 0 saturated heterocycles. The van der Waals surface area contributed by atoms with Crippen molar-refractivity contribution in [1.29, 1.82) is 5.26 Å². The number of alkyl halides is 4. The second-order valence-electron chi connectivity index (χ2n) is 3.08. The Morgan fingerprint density at radius 3 is 2.59 bits per heavy atom. The van der Waals surface area contributed by atoms with Crippen molar-refractivity contribution in [1.82, 2.24) is 0 Å². The van der Waals surface area contributed by atoms with Crippen LogP contribution in [0, 0.1) is 11.3 Å². The first-order chi connectivity index (χ1) is 7.88. The quantitative estimate of drug-likeness (QED) is 0.796. The molecule has 92 valence electrons. The molecule has 2 nitrogen and oxygen atoms in total. The third-order valence-corrected chi connectivity index (χ3v) is 2.44. The zero-order valence-corrected chi connectivity index (χ0v) is 9.85. The minimum absolute atomic E-state index is 0.00978. The van der Waals surface area contributed by atoms with Crippen molar-refractivity contribution in [3.63, 3.8) is 0 Å². The van der Waals surface area contributed by atoms with Gasteiger partial charge in [-0.1, -0.05) is 6.07 Å². The van der Waals surface area contributed by atoms with E-state index in [1.165, 1.54) is 18.2 Å². The van der Waals surface area contributed by atoms with Crippen LogP contribution in [0.4, 0.5) is 17.6 Å². The molecule has 0 heterocycles. The molecular weight excluding hydrogens is 306 g/mol. The molecule has 0 aliphatic carbocycles. The Labute approximate surface area is 103 Å². The van der Waals surface area contributed by atoms with Crippen LogP contribution in [0.2, 0.25) is 0 Å². The molecule has 0 bridgehead atoms. The fourth-order valence-corrected chi connectivity index (χ4v) is 1.46. The summed E-state index contributed by atoms with van der Waals surface area (Å²) in [4.78, 5) is 0. The molecule has 1 rings (SSSR count). The Bertz CT molecular complexity index is 444. The van der Waals surface area contributed by atoms with E-state index < -0.39 is 19.0 Å². The molecule has 0 spiro atoms. The van der Waals surface area contributed by atoms with Crippen LogP contribution in [0.15, 0.2) is 22.7 Å². The van der Waals surface area contributed by atoms with Gasteiger partial charge in [0.15, 0.2) is 12.4 Å². The van der Waals surface area contributed by atoms with Crippen molar-refractivity contribution < 1.29 is 22.3 Å². The van der Waals surface area contributed by atoms with Gasteiger partial charge < -0.3 is 4.74 Å². The van der Waals surface area contributed by atoms with Crippen LogP contribution in [0.3, 0.4) is 0 Å². The third kappa shape index (κ3) is 3.33. The summed E-state index contributed by atoms with van der Waals surface area (Å²) < 4.78 is 53.9. The molecule has 0 radical (unpaired) electrons. The predicted octanol–water partition coefficient (Wildman–Crippen LogP) is 3.60. The zero-order chi connectivity index (χ0) is 13.1. The first kappa shape index (κ1) is 13.8. The predicted molar refractivity (Wildman–Crippen MR) is 55.3 cm³/mol. The standard InChI is InChI=1S/C10H6BrF4NO/c11-7-3-1-2-6(4-16)8(7)17-5-10(14,15)9(12)13/h1-3,9H,5H2. The van der Waals surface area contributed by atoms with Gasteiger partial charge in [0.05, 0.1) is 10.0 Å². The third-order valence-electron chi connectivity index (χ3n) is 1.82.